The fourth-order valence-electron chi connectivity index (χ4n) is 1.52. The molecule has 0 spiro atoms. The summed E-state index contributed by atoms with van der Waals surface area (Å²) in [5.74, 6) is 2.27. The average molecular weight is 283 g/mol. The predicted molar refractivity (Wildman–Crippen MR) is 70.9 cm³/mol. The van der Waals surface area contributed by atoms with Crippen molar-refractivity contribution in [2.45, 2.75) is 36.5 Å². The number of hydrogen-bond acceptors (Lipinski definition) is 1. The SMILES string of the molecule is C[Se]C(C/C=C/C(C)(C)O)c1ccccc1. The zero-order valence-electron chi connectivity index (χ0n) is 10.2. The van der Waals surface area contributed by atoms with Gasteiger partial charge in [-0.2, -0.15) is 0 Å². The first kappa shape index (κ1) is 13.5. The van der Waals surface area contributed by atoms with Gasteiger partial charge in [-0.15, -0.1) is 0 Å². The molecule has 0 saturated heterocycles. The molecule has 0 bridgehead atoms. The van der Waals surface area contributed by atoms with Crippen LogP contribution in [0.3, 0.4) is 0 Å². The molecule has 0 radical (unpaired) electrons. The molecule has 2 heteroatoms. The Morgan fingerprint density at radius 2 is 1.94 bits per heavy atom. The molecular formula is C14H20OSe. The van der Waals surface area contributed by atoms with E-state index in [1.54, 1.807) is 13.8 Å². The molecule has 0 aromatic heterocycles. The summed E-state index contributed by atoms with van der Waals surface area (Å²) in [4.78, 5) is 0.618. The van der Waals surface area contributed by atoms with Crippen LogP contribution in [-0.2, 0) is 0 Å². The fraction of sp³-hybridized carbons (Fsp3) is 0.429. The molecule has 0 aliphatic carbocycles. The maximum absolute atomic E-state index is 9.59. The number of allylic oxidation sites excluding steroid dienone is 1. The Bertz CT molecular complexity index is 324. The van der Waals surface area contributed by atoms with Gasteiger partial charge in [0.1, 0.15) is 0 Å². The quantitative estimate of drug-likeness (QED) is 0.650. The summed E-state index contributed by atoms with van der Waals surface area (Å²) in [5.41, 5.74) is 0.715. The Morgan fingerprint density at radius 3 is 2.44 bits per heavy atom. The Morgan fingerprint density at radius 1 is 1.31 bits per heavy atom. The standard InChI is InChI=1S/C14H20OSe/c1-14(2,15)11-7-10-13(16-3)12-8-5-4-6-9-12/h4-9,11,13,15H,10H2,1-3H3/b11-7+. The minimum absolute atomic E-state index is 0.589. The van der Waals surface area contributed by atoms with Gasteiger partial charge in [0, 0.05) is 0 Å². The number of hydrogen-bond donors (Lipinski definition) is 1. The van der Waals surface area contributed by atoms with Gasteiger partial charge in [-0.05, 0) is 0 Å². The van der Waals surface area contributed by atoms with E-state index >= 15 is 0 Å². The Balaban J connectivity index is 2.61. The van der Waals surface area contributed by atoms with Crippen molar-refractivity contribution in [3.63, 3.8) is 0 Å². The van der Waals surface area contributed by atoms with E-state index in [1.807, 2.05) is 6.08 Å². The van der Waals surface area contributed by atoms with Gasteiger partial charge < -0.3 is 0 Å². The monoisotopic (exact) mass is 284 g/mol. The Labute approximate surface area is 105 Å². The molecule has 0 amide bonds. The van der Waals surface area contributed by atoms with Gasteiger partial charge in [0.05, 0.1) is 0 Å². The molecule has 1 aromatic carbocycles. The summed E-state index contributed by atoms with van der Waals surface area (Å²) in [5, 5.41) is 9.59. The van der Waals surface area contributed by atoms with Crippen LogP contribution in [0.4, 0.5) is 0 Å². The van der Waals surface area contributed by atoms with Crippen LogP contribution < -0.4 is 0 Å². The van der Waals surface area contributed by atoms with Crippen molar-refractivity contribution in [1.82, 2.24) is 0 Å². The number of benzene rings is 1. The van der Waals surface area contributed by atoms with Crippen molar-refractivity contribution in [3.8, 4) is 0 Å². The van der Waals surface area contributed by atoms with Crippen LogP contribution in [0.1, 0.15) is 30.6 Å². The summed E-state index contributed by atoms with van der Waals surface area (Å²) in [6.45, 7) is 3.61. The third-order valence-electron chi connectivity index (χ3n) is 2.33. The zero-order valence-corrected chi connectivity index (χ0v) is 11.9. The molecule has 0 aliphatic rings. The second-order valence-electron chi connectivity index (χ2n) is 4.43. The van der Waals surface area contributed by atoms with Crippen molar-refractivity contribution in [3.05, 3.63) is 48.0 Å². The first-order chi connectivity index (χ1) is 7.53. The molecule has 1 aromatic rings. The normalized spacial score (nSPS) is 14.2. The van der Waals surface area contributed by atoms with Crippen LogP contribution in [-0.4, -0.2) is 25.7 Å². The van der Waals surface area contributed by atoms with Gasteiger partial charge in [0.15, 0.2) is 0 Å². The van der Waals surface area contributed by atoms with Crippen molar-refractivity contribution < 1.29 is 5.11 Å². The first-order valence-electron chi connectivity index (χ1n) is 5.51. The molecule has 0 aliphatic heterocycles. The van der Waals surface area contributed by atoms with Crippen molar-refractivity contribution in [2.75, 3.05) is 0 Å². The third-order valence-corrected chi connectivity index (χ3v) is 4.50. The molecule has 0 saturated carbocycles. The van der Waals surface area contributed by atoms with E-state index in [2.05, 4.69) is 42.2 Å². The average Bonchev–Trinajstić information content (AvgIpc) is 2.24. The van der Waals surface area contributed by atoms with Crippen LogP contribution in [0.5, 0.6) is 0 Å². The van der Waals surface area contributed by atoms with E-state index < -0.39 is 5.60 Å². The fourth-order valence-corrected chi connectivity index (χ4v) is 3.05. The van der Waals surface area contributed by atoms with E-state index in [4.69, 9.17) is 0 Å². The molecule has 1 unspecified atom stereocenters. The molecule has 16 heavy (non-hydrogen) atoms. The molecule has 1 rings (SSSR count). The number of aliphatic hydroxyl groups is 1. The van der Waals surface area contributed by atoms with Gasteiger partial charge in [0.25, 0.3) is 0 Å². The maximum atomic E-state index is 9.59. The van der Waals surface area contributed by atoms with E-state index in [0.717, 1.165) is 6.42 Å². The van der Waals surface area contributed by atoms with Gasteiger partial charge >= 0.3 is 105 Å². The van der Waals surface area contributed by atoms with Crippen LogP contribution in [0.2, 0.25) is 5.82 Å². The summed E-state index contributed by atoms with van der Waals surface area (Å²) in [7, 11) is 0. The van der Waals surface area contributed by atoms with Gasteiger partial charge in [-0.3, -0.25) is 0 Å². The van der Waals surface area contributed by atoms with Crippen LogP contribution in [0, 0.1) is 0 Å². The van der Waals surface area contributed by atoms with Crippen LogP contribution >= 0.6 is 0 Å². The molecule has 1 nitrogen and oxygen atoms in total. The second-order valence-corrected chi connectivity index (χ2v) is 6.61. The Kier molecular flexibility index (Phi) is 5.27. The topological polar surface area (TPSA) is 20.2 Å². The molecule has 1 atom stereocenters. The molecular weight excluding hydrogens is 263 g/mol. The third kappa shape index (κ3) is 4.98. The minimum atomic E-state index is -0.692. The van der Waals surface area contributed by atoms with Crippen LogP contribution in [0.15, 0.2) is 42.5 Å². The van der Waals surface area contributed by atoms with E-state index in [1.165, 1.54) is 5.56 Å². The van der Waals surface area contributed by atoms with Crippen molar-refractivity contribution in [1.29, 1.82) is 0 Å². The molecule has 88 valence electrons. The Hall–Kier alpha value is -0.561. The molecule has 0 heterocycles. The number of rotatable bonds is 5. The zero-order chi connectivity index (χ0) is 12.0. The summed E-state index contributed by atoms with van der Waals surface area (Å²) >= 11 is 0.589. The molecule has 0 fully saturated rings. The molecule has 1 N–H and O–H groups in total. The van der Waals surface area contributed by atoms with Gasteiger partial charge in [-0.25, -0.2) is 0 Å². The summed E-state index contributed by atoms with van der Waals surface area (Å²) < 4.78 is 0. The summed E-state index contributed by atoms with van der Waals surface area (Å²) in [6, 6.07) is 10.6. The van der Waals surface area contributed by atoms with E-state index in [-0.39, 0.29) is 0 Å². The second kappa shape index (κ2) is 6.24. The summed E-state index contributed by atoms with van der Waals surface area (Å²) in [6.07, 6.45) is 5.00. The predicted octanol–water partition coefficient (Wildman–Crippen LogP) is 3.20. The van der Waals surface area contributed by atoms with Crippen molar-refractivity contribution in [2.24, 2.45) is 0 Å². The van der Waals surface area contributed by atoms with Crippen molar-refractivity contribution >= 4 is 15.0 Å². The van der Waals surface area contributed by atoms with E-state index in [9.17, 15) is 5.11 Å². The van der Waals surface area contributed by atoms with Gasteiger partial charge in [0.2, 0.25) is 0 Å². The first-order valence-corrected chi connectivity index (χ1v) is 8.21. The van der Waals surface area contributed by atoms with Crippen LogP contribution in [0.25, 0.3) is 0 Å². The van der Waals surface area contributed by atoms with Gasteiger partial charge in [-0.1, -0.05) is 0 Å². The van der Waals surface area contributed by atoms with E-state index in [0.29, 0.717) is 19.8 Å².